The van der Waals surface area contributed by atoms with E-state index in [1.165, 1.54) is 6.42 Å². The molecule has 1 saturated heterocycles. The molecule has 20 heavy (non-hydrogen) atoms. The lowest BCUT2D eigenvalue weighted by Gasteiger charge is -2.20. The zero-order chi connectivity index (χ0) is 13.8. The van der Waals surface area contributed by atoms with Crippen molar-refractivity contribution in [1.82, 2.24) is 4.98 Å². The van der Waals surface area contributed by atoms with Crippen LogP contribution in [0.2, 0.25) is 5.02 Å². The first-order valence-corrected chi connectivity index (χ1v) is 7.97. The Bertz CT molecular complexity index is 549. The number of ether oxygens (including phenoxy) is 2. The minimum Gasteiger partial charge on any atom is -0.486 e. The predicted octanol–water partition coefficient (Wildman–Crippen LogP) is 4.27. The highest BCUT2D eigenvalue weighted by molar-refractivity contribution is 7.09. The van der Waals surface area contributed by atoms with E-state index in [1.807, 2.05) is 24.3 Å². The summed E-state index contributed by atoms with van der Waals surface area (Å²) in [5.74, 6) is 1.26. The number of thiazole rings is 1. The van der Waals surface area contributed by atoms with Crippen LogP contribution in [0.25, 0.3) is 0 Å². The van der Waals surface area contributed by atoms with Crippen LogP contribution in [0.15, 0.2) is 29.6 Å². The molecule has 0 amide bonds. The Morgan fingerprint density at radius 2 is 2.20 bits per heavy atom. The van der Waals surface area contributed by atoms with E-state index in [1.54, 1.807) is 11.3 Å². The number of halogens is 1. The summed E-state index contributed by atoms with van der Waals surface area (Å²) in [5.41, 5.74) is 1.14. The van der Waals surface area contributed by atoms with Gasteiger partial charge in [-0.2, -0.15) is 0 Å². The van der Waals surface area contributed by atoms with Crippen LogP contribution < -0.4 is 4.74 Å². The third kappa shape index (κ3) is 3.51. The van der Waals surface area contributed by atoms with Gasteiger partial charge in [-0.05, 0) is 37.1 Å². The highest BCUT2D eigenvalue weighted by atomic mass is 35.5. The quantitative estimate of drug-likeness (QED) is 0.845. The maximum Gasteiger partial charge on any atom is 0.140 e. The van der Waals surface area contributed by atoms with E-state index < -0.39 is 0 Å². The van der Waals surface area contributed by atoms with Gasteiger partial charge < -0.3 is 9.47 Å². The topological polar surface area (TPSA) is 31.4 Å². The van der Waals surface area contributed by atoms with Crippen molar-refractivity contribution in [2.75, 3.05) is 13.2 Å². The van der Waals surface area contributed by atoms with Gasteiger partial charge in [0.05, 0.1) is 12.3 Å². The summed E-state index contributed by atoms with van der Waals surface area (Å²) in [6.07, 6.45) is 2.29. The fourth-order valence-corrected chi connectivity index (χ4v) is 3.14. The zero-order valence-corrected chi connectivity index (χ0v) is 12.6. The van der Waals surface area contributed by atoms with Gasteiger partial charge in [0.25, 0.3) is 0 Å². The van der Waals surface area contributed by atoms with Crippen molar-refractivity contribution in [1.29, 1.82) is 0 Å². The van der Waals surface area contributed by atoms with Gasteiger partial charge in [0.1, 0.15) is 17.4 Å². The van der Waals surface area contributed by atoms with E-state index in [2.05, 4.69) is 10.4 Å². The third-order valence-corrected chi connectivity index (χ3v) is 4.42. The molecule has 0 spiro atoms. The summed E-state index contributed by atoms with van der Waals surface area (Å²) in [6, 6.07) is 7.38. The molecule has 5 heteroatoms. The summed E-state index contributed by atoms with van der Waals surface area (Å²) in [6.45, 7) is 2.17. The number of aromatic nitrogens is 1. The molecule has 2 aromatic rings. The van der Waals surface area contributed by atoms with Crippen molar-refractivity contribution in [3.63, 3.8) is 0 Å². The van der Waals surface area contributed by atoms with Crippen molar-refractivity contribution in [3.05, 3.63) is 45.4 Å². The lowest BCUT2D eigenvalue weighted by atomic mass is 10.00. The Morgan fingerprint density at radius 1 is 1.35 bits per heavy atom. The van der Waals surface area contributed by atoms with E-state index >= 15 is 0 Å². The number of nitrogens with zero attached hydrogens (tertiary/aromatic N) is 1. The third-order valence-electron chi connectivity index (χ3n) is 3.32. The maximum atomic E-state index is 5.84. The molecule has 3 nitrogen and oxygen atoms in total. The van der Waals surface area contributed by atoms with E-state index in [-0.39, 0.29) is 0 Å². The largest absolute Gasteiger partial charge is 0.486 e. The van der Waals surface area contributed by atoms with Gasteiger partial charge in [-0.15, -0.1) is 11.3 Å². The predicted molar refractivity (Wildman–Crippen MR) is 80.7 cm³/mol. The monoisotopic (exact) mass is 309 g/mol. The van der Waals surface area contributed by atoms with Crippen LogP contribution in [-0.2, 0) is 11.3 Å². The molecular formula is C15H16ClNO2S. The van der Waals surface area contributed by atoms with Crippen molar-refractivity contribution >= 4 is 22.9 Å². The minimum atomic E-state index is 0.448. The summed E-state index contributed by atoms with van der Waals surface area (Å²) >= 11 is 7.49. The smallest absolute Gasteiger partial charge is 0.140 e. The van der Waals surface area contributed by atoms with Crippen LogP contribution in [0.3, 0.4) is 0 Å². The zero-order valence-electron chi connectivity index (χ0n) is 11.0. The van der Waals surface area contributed by atoms with Crippen molar-refractivity contribution in [2.45, 2.75) is 25.4 Å². The Morgan fingerprint density at radius 3 is 2.95 bits per heavy atom. The van der Waals surface area contributed by atoms with E-state index in [9.17, 15) is 0 Å². The summed E-state index contributed by atoms with van der Waals surface area (Å²) in [7, 11) is 0. The molecule has 1 aliphatic rings. The molecule has 1 atom stereocenters. The highest BCUT2D eigenvalue weighted by Gasteiger charge is 2.18. The number of benzene rings is 1. The molecular weight excluding hydrogens is 294 g/mol. The Balaban J connectivity index is 1.58. The second-order valence-corrected chi connectivity index (χ2v) is 6.20. The van der Waals surface area contributed by atoms with E-state index in [0.29, 0.717) is 17.5 Å². The van der Waals surface area contributed by atoms with Crippen molar-refractivity contribution in [3.8, 4) is 5.75 Å². The second-order valence-electron chi connectivity index (χ2n) is 4.82. The minimum absolute atomic E-state index is 0.448. The van der Waals surface area contributed by atoms with Crippen molar-refractivity contribution in [2.24, 2.45) is 0 Å². The number of hydrogen-bond donors (Lipinski definition) is 0. The fourth-order valence-electron chi connectivity index (χ4n) is 2.23. The maximum absolute atomic E-state index is 5.84. The van der Waals surface area contributed by atoms with Gasteiger partial charge in [-0.3, -0.25) is 0 Å². The molecule has 0 radical (unpaired) electrons. The standard InChI is InChI=1S/C15H16ClNO2S/c16-12-3-5-13(6-4-12)19-9-15-17-14(10-20-15)11-2-1-7-18-8-11/h3-6,10-11H,1-2,7-9H2. The van der Waals surface area contributed by atoms with Crippen LogP contribution in [0, 0.1) is 0 Å². The Labute approximate surface area is 127 Å². The van der Waals surface area contributed by atoms with Gasteiger partial charge in [0.2, 0.25) is 0 Å². The highest BCUT2D eigenvalue weighted by Crippen LogP contribution is 2.27. The van der Waals surface area contributed by atoms with Gasteiger partial charge in [0, 0.05) is 22.9 Å². The first-order chi connectivity index (χ1) is 9.81. The summed E-state index contributed by atoms with van der Waals surface area (Å²) < 4.78 is 11.2. The Kier molecular flexibility index (Phi) is 4.55. The van der Waals surface area contributed by atoms with Crippen LogP contribution in [-0.4, -0.2) is 18.2 Å². The summed E-state index contributed by atoms with van der Waals surface area (Å²) in [5, 5.41) is 3.84. The summed E-state index contributed by atoms with van der Waals surface area (Å²) in [4.78, 5) is 4.65. The molecule has 1 unspecified atom stereocenters. The van der Waals surface area contributed by atoms with Crippen LogP contribution in [0.1, 0.15) is 29.5 Å². The molecule has 0 aliphatic carbocycles. The molecule has 0 N–H and O–H groups in total. The SMILES string of the molecule is Clc1ccc(OCc2nc(C3CCCOC3)cs2)cc1. The number of hydrogen-bond acceptors (Lipinski definition) is 4. The lowest BCUT2D eigenvalue weighted by Crippen LogP contribution is -2.15. The Hall–Kier alpha value is -1.10. The first kappa shape index (κ1) is 13.9. The molecule has 0 bridgehead atoms. The number of rotatable bonds is 4. The first-order valence-electron chi connectivity index (χ1n) is 6.71. The van der Waals surface area contributed by atoms with Gasteiger partial charge in [-0.1, -0.05) is 11.6 Å². The average molecular weight is 310 g/mol. The molecule has 1 fully saturated rings. The molecule has 3 rings (SSSR count). The normalized spacial score (nSPS) is 18.9. The molecule has 0 saturated carbocycles. The second kappa shape index (κ2) is 6.57. The van der Waals surface area contributed by atoms with E-state index in [0.717, 1.165) is 36.1 Å². The fraction of sp³-hybridized carbons (Fsp3) is 0.400. The lowest BCUT2D eigenvalue weighted by molar-refractivity contribution is 0.0794. The van der Waals surface area contributed by atoms with Crippen LogP contribution in [0.5, 0.6) is 5.75 Å². The molecule has 2 heterocycles. The van der Waals surface area contributed by atoms with Gasteiger partial charge in [0.15, 0.2) is 0 Å². The van der Waals surface area contributed by atoms with Crippen LogP contribution in [0.4, 0.5) is 0 Å². The molecule has 1 aromatic heterocycles. The average Bonchev–Trinajstić information content (AvgIpc) is 2.97. The van der Waals surface area contributed by atoms with E-state index in [4.69, 9.17) is 21.1 Å². The van der Waals surface area contributed by atoms with Gasteiger partial charge >= 0.3 is 0 Å². The van der Waals surface area contributed by atoms with Crippen LogP contribution >= 0.6 is 22.9 Å². The van der Waals surface area contributed by atoms with Crippen molar-refractivity contribution < 1.29 is 9.47 Å². The molecule has 1 aliphatic heterocycles. The van der Waals surface area contributed by atoms with Gasteiger partial charge in [-0.25, -0.2) is 4.98 Å². The molecule has 1 aromatic carbocycles. The molecule has 106 valence electrons.